The monoisotopic (exact) mass is 347 g/mol. The van der Waals surface area contributed by atoms with Crippen LogP contribution in [0.3, 0.4) is 0 Å². The predicted octanol–water partition coefficient (Wildman–Crippen LogP) is 2.59. The lowest BCUT2D eigenvalue weighted by Crippen LogP contribution is -2.43. The van der Waals surface area contributed by atoms with E-state index in [0.717, 1.165) is 18.5 Å². The third kappa shape index (κ3) is 5.55. The summed E-state index contributed by atoms with van der Waals surface area (Å²) < 4.78 is 10.7. The summed E-state index contributed by atoms with van der Waals surface area (Å²) in [7, 11) is 1.62. The second kappa shape index (κ2) is 8.09. The summed E-state index contributed by atoms with van der Waals surface area (Å²) in [6.45, 7) is 6.11. The van der Waals surface area contributed by atoms with E-state index in [1.807, 2.05) is 39.0 Å². The first kappa shape index (κ1) is 18.9. The first-order chi connectivity index (χ1) is 11.8. The second-order valence-electron chi connectivity index (χ2n) is 6.98. The SMILES string of the molecule is COC1=CCC(CN(C(=O)OC(C)(C)C)C2=NCC(C=O)C=N2)C=C1. The van der Waals surface area contributed by atoms with Gasteiger partial charge in [-0.05, 0) is 45.3 Å². The molecule has 1 heterocycles. The zero-order valence-corrected chi connectivity index (χ0v) is 15.1. The normalized spacial score (nSPS) is 22.7. The van der Waals surface area contributed by atoms with Gasteiger partial charge in [-0.25, -0.2) is 19.7 Å². The lowest BCUT2D eigenvalue weighted by Gasteiger charge is -2.30. The topological polar surface area (TPSA) is 80.6 Å². The number of carbonyl (C=O) groups is 2. The van der Waals surface area contributed by atoms with Crippen LogP contribution >= 0.6 is 0 Å². The molecule has 0 spiro atoms. The fraction of sp³-hybridized carbons (Fsp3) is 0.556. The van der Waals surface area contributed by atoms with Crippen LogP contribution < -0.4 is 0 Å². The van der Waals surface area contributed by atoms with Gasteiger partial charge in [0.05, 0.1) is 19.6 Å². The highest BCUT2D eigenvalue weighted by molar-refractivity contribution is 6.01. The molecule has 0 saturated carbocycles. The molecule has 0 aromatic carbocycles. The zero-order valence-electron chi connectivity index (χ0n) is 15.1. The van der Waals surface area contributed by atoms with E-state index in [4.69, 9.17) is 9.47 Å². The summed E-state index contributed by atoms with van der Waals surface area (Å²) in [6, 6.07) is 0. The molecule has 0 saturated heterocycles. The number of guanidine groups is 1. The molecule has 0 bridgehead atoms. The average molecular weight is 347 g/mol. The maximum absolute atomic E-state index is 12.6. The Labute approximate surface area is 148 Å². The Kier molecular flexibility index (Phi) is 6.12. The van der Waals surface area contributed by atoms with Crippen molar-refractivity contribution in [2.24, 2.45) is 21.8 Å². The van der Waals surface area contributed by atoms with Crippen molar-refractivity contribution < 1.29 is 19.1 Å². The highest BCUT2D eigenvalue weighted by Gasteiger charge is 2.29. The number of amides is 1. The molecule has 136 valence electrons. The molecule has 2 unspecified atom stereocenters. The molecule has 1 amide bonds. The Morgan fingerprint density at radius 1 is 1.44 bits per heavy atom. The fourth-order valence-electron chi connectivity index (χ4n) is 2.39. The van der Waals surface area contributed by atoms with E-state index in [0.29, 0.717) is 6.54 Å². The molecular formula is C18H25N3O4. The van der Waals surface area contributed by atoms with Crippen LogP contribution in [0.2, 0.25) is 0 Å². The van der Waals surface area contributed by atoms with E-state index in [2.05, 4.69) is 9.98 Å². The Hall–Kier alpha value is -2.44. The maximum atomic E-state index is 12.6. The molecule has 2 rings (SSSR count). The molecule has 7 heteroatoms. The number of carbonyl (C=O) groups excluding carboxylic acids is 2. The number of hydrogen-bond acceptors (Lipinski definition) is 6. The highest BCUT2D eigenvalue weighted by Crippen LogP contribution is 2.20. The molecule has 0 aromatic rings. The summed E-state index contributed by atoms with van der Waals surface area (Å²) in [5.74, 6) is 0.850. The summed E-state index contributed by atoms with van der Waals surface area (Å²) >= 11 is 0. The van der Waals surface area contributed by atoms with Crippen molar-refractivity contribution in [3.63, 3.8) is 0 Å². The van der Waals surface area contributed by atoms with Crippen LogP contribution in [-0.2, 0) is 14.3 Å². The van der Waals surface area contributed by atoms with Gasteiger partial charge in [0.2, 0.25) is 5.96 Å². The number of aliphatic imine (C=N–C) groups is 2. The molecule has 0 aromatic heterocycles. The summed E-state index contributed by atoms with van der Waals surface area (Å²) in [6.07, 6.45) is 8.42. The van der Waals surface area contributed by atoms with Crippen molar-refractivity contribution in [1.29, 1.82) is 0 Å². The quantitative estimate of drug-likeness (QED) is 0.732. The van der Waals surface area contributed by atoms with Crippen LogP contribution in [0.15, 0.2) is 34.0 Å². The third-order valence-corrected chi connectivity index (χ3v) is 3.66. The first-order valence-corrected chi connectivity index (χ1v) is 8.29. The lowest BCUT2D eigenvalue weighted by molar-refractivity contribution is -0.109. The standard InChI is InChI=1S/C18H25N3O4/c1-18(2,3)25-17(23)21(16-19-9-14(12-22)10-20-16)11-13-5-7-15(24-4)8-6-13/h5,7-9,12-14H,6,10-11H2,1-4H3. The Bertz CT molecular complexity index is 629. The molecule has 1 aliphatic heterocycles. The Morgan fingerprint density at radius 3 is 2.68 bits per heavy atom. The van der Waals surface area contributed by atoms with Crippen LogP contribution in [0.4, 0.5) is 4.79 Å². The Balaban J connectivity index is 2.13. The molecule has 0 radical (unpaired) electrons. The predicted molar refractivity (Wildman–Crippen MR) is 95.6 cm³/mol. The molecule has 0 N–H and O–H groups in total. The van der Waals surface area contributed by atoms with Gasteiger partial charge in [0.25, 0.3) is 0 Å². The number of nitrogens with zero attached hydrogens (tertiary/aromatic N) is 3. The van der Waals surface area contributed by atoms with Crippen molar-refractivity contribution in [2.75, 3.05) is 20.2 Å². The number of methoxy groups -OCH3 is 1. The van der Waals surface area contributed by atoms with Gasteiger partial charge in [0.1, 0.15) is 17.6 Å². The lowest BCUT2D eigenvalue weighted by atomic mass is 9.99. The van der Waals surface area contributed by atoms with Crippen LogP contribution in [-0.4, -0.2) is 55.3 Å². The van der Waals surface area contributed by atoms with Gasteiger partial charge in [-0.3, -0.25) is 0 Å². The van der Waals surface area contributed by atoms with Crippen LogP contribution in [0.1, 0.15) is 27.2 Å². The fourth-order valence-corrected chi connectivity index (χ4v) is 2.39. The van der Waals surface area contributed by atoms with E-state index in [-0.39, 0.29) is 24.3 Å². The average Bonchev–Trinajstić information content (AvgIpc) is 2.59. The van der Waals surface area contributed by atoms with Crippen LogP contribution in [0.5, 0.6) is 0 Å². The minimum atomic E-state index is -0.620. The molecule has 0 fully saturated rings. The number of allylic oxidation sites excluding steroid dienone is 2. The van der Waals surface area contributed by atoms with Crippen molar-refractivity contribution in [3.8, 4) is 0 Å². The molecule has 2 aliphatic rings. The second-order valence-corrected chi connectivity index (χ2v) is 6.98. The Morgan fingerprint density at radius 2 is 2.20 bits per heavy atom. The minimum absolute atomic E-state index is 0.105. The van der Waals surface area contributed by atoms with Crippen molar-refractivity contribution in [1.82, 2.24) is 4.90 Å². The molecule has 7 nitrogen and oxygen atoms in total. The first-order valence-electron chi connectivity index (χ1n) is 8.29. The van der Waals surface area contributed by atoms with E-state index < -0.39 is 11.7 Å². The molecule has 1 aliphatic carbocycles. The van der Waals surface area contributed by atoms with Gasteiger partial charge >= 0.3 is 6.09 Å². The van der Waals surface area contributed by atoms with E-state index in [1.165, 1.54) is 11.1 Å². The summed E-state index contributed by atoms with van der Waals surface area (Å²) in [5, 5.41) is 0. The van der Waals surface area contributed by atoms with Gasteiger partial charge in [-0.1, -0.05) is 6.08 Å². The van der Waals surface area contributed by atoms with E-state index in [1.54, 1.807) is 7.11 Å². The number of ether oxygens (including phenoxy) is 2. The van der Waals surface area contributed by atoms with Gasteiger partial charge in [0.15, 0.2) is 0 Å². The highest BCUT2D eigenvalue weighted by atomic mass is 16.6. The van der Waals surface area contributed by atoms with E-state index in [9.17, 15) is 9.59 Å². The van der Waals surface area contributed by atoms with Gasteiger partial charge < -0.3 is 14.3 Å². The van der Waals surface area contributed by atoms with E-state index >= 15 is 0 Å². The van der Waals surface area contributed by atoms with Gasteiger partial charge in [-0.15, -0.1) is 0 Å². The number of hydrogen-bond donors (Lipinski definition) is 0. The van der Waals surface area contributed by atoms with Crippen molar-refractivity contribution in [3.05, 3.63) is 24.0 Å². The number of aldehydes is 1. The van der Waals surface area contributed by atoms with Crippen molar-refractivity contribution in [2.45, 2.75) is 32.8 Å². The van der Waals surface area contributed by atoms with Crippen LogP contribution in [0.25, 0.3) is 0 Å². The molecule has 25 heavy (non-hydrogen) atoms. The zero-order chi connectivity index (χ0) is 18.4. The largest absolute Gasteiger partial charge is 0.497 e. The van der Waals surface area contributed by atoms with Gasteiger partial charge in [-0.2, -0.15) is 0 Å². The van der Waals surface area contributed by atoms with Gasteiger partial charge in [0, 0.05) is 12.8 Å². The minimum Gasteiger partial charge on any atom is -0.497 e. The molecule has 2 atom stereocenters. The number of rotatable bonds is 4. The summed E-state index contributed by atoms with van der Waals surface area (Å²) in [4.78, 5) is 33.4. The van der Waals surface area contributed by atoms with Crippen molar-refractivity contribution >= 4 is 24.6 Å². The van der Waals surface area contributed by atoms with Crippen LogP contribution in [0, 0.1) is 11.8 Å². The maximum Gasteiger partial charge on any atom is 0.417 e. The molecular weight excluding hydrogens is 322 g/mol. The smallest absolute Gasteiger partial charge is 0.417 e. The summed E-state index contributed by atoms with van der Waals surface area (Å²) in [5.41, 5.74) is -0.620. The third-order valence-electron chi connectivity index (χ3n) is 3.66.